The average molecular weight is 386 g/mol. The summed E-state index contributed by atoms with van der Waals surface area (Å²) in [4.78, 5) is 24.3. The number of likely N-dealkylation sites (tertiary alicyclic amines) is 1. The normalized spacial score (nSPS) is 16.6. The fourth-order valence-electron chi connectivity index (χ4n) is 4.05. The van der Waals surface area contributed by atoms with E-state index in [4.69, 9.17) is 9.40 Å². The molecule has 4 heterocycles. The third-order valence-corrected chi connectivity index (χ3v) is 5.76. The summed E-state index contributed by atoms with van der Waals surface area (Å²) in [6, 6.07) is 13.6. The minimum atomic E-state index is 0.0764. The number of carbonyl (C=O) groups excluding carboxylic acids is 1. The maximum absolute atomic E-state index is 13.1. The molecule has 6 heteroatoms. The standard InChI is InChI=1S/C23H22N4O2/c1-15-7-8-17(13-16(15)2)23(28)26-11-9-18(14-26)27-21-19(5-3-10-24-21)25-22(27)20-6-4-12-29-20/h3-8,10,12-13,18H,9,11,14H2,1-2H3/t18-/m0/s1. The van der Waals surface area contributed by atoms with Gasteiger partial charge >= 0.3 is 0 Å². The molecule has 0 saturated carbocycles. The number of furan rings is 1. The van der Waals surface area contributed by atoms with Crippen molar-refractivity contribution in [2.75, 3.05) is 13.1 Å². The van der Waals surface area contributed by atoms with E-state index in [0.717, 1.165) is 34.5 Å². The first-order valence-electron chi connectivity index (χ1n) is 9.85. The second-order valence-electron chi connectivity index (χ2n) is 7.62. The third-order valence-electron chi connectivity index (χ3n) is 5.76. The summed E-state index contributed by atoms with van der Waals surface area (Å²) in [5.41, 5.74) is 4.73. The van der Waals surface area contributed by atoms with E-state index in [-0.39, 0.29) is 11.9 Å². The van der Waals surface area contributed by atoms with Crippen LogP contribution in [0.5, 0.6) is 0 Å². The van der Waals surface area contributed by atoms with Crippen LogP contribution < -0.4 is 0 Å². The summed E-state index contributed by atoms with van der Waals surface area (Å²) in [5, 5.41) is 0. The smallest absolute Gasteiger partial charge is 0.253 e. The van der Waals surface area contributed by atoms with E-state index in [2.05, 4.69) is 16.5 Å². The molecule has 4 aromatic rings. The van der Waals surface area contributed by atoms with Crippen molar-refractivity contribution in [2.24, 2.45) is 0 Å². The number of amides is 1. The number of pyridine rings is 1. The summed E-state index contributed by atoms with van der Waals surface area (Å²) in [5.74, 6) is 1.55. The first kappa shape index (κ1) is 17.7. The Kier molecular flexibility index (Phi) is 4.19. The topological polar surface area (TPSA) is 64.2 Å². The van der Waals surface area contributed by atoms with Gasteiger partial charge in [0.15, 0.2) is 17.2 Å². The number of rotatable bonds is 3. The van der Waals surface area contributed by atoms with Crippen molar-refractivity contribution in [1.29, 1.82) is 0 Å². The highest BCUT2D eigenvalue weighted by atomic mass is 16.3. The summed E-state index contributed by atoms with van der Waals surface area (Å²) in [6.45, 7) is 5.43. The third kappa shape index (κ3) is 3.01. The van der Waals surface area contributed by atoms with Gasteiger partial charge in [-0.15, -0.1) is 0 Å². The predicted octanol–water partition coefficient (Wildman–Crippen LogP) is 4.40. The van der Waals surface area contributed by atoms with E-state index < -0.39 is 0 Å². The van der Waals surface area contributed by atoms with E-state index in [1.165, 1.54) is 5.56 Å². The van der Waals surface area contributed by atoms with Gasteiger partial charge in [0.2, 0.25) is 0 Å². The number of aromatic nitrogens is 3. The van der Waals surface area contributed by atoms with Crippen molar-refractivity contribution in [3.05, 3.63) is 71.6 Å². The quantitative estimate of drug-likeness (QED) is 0.524. The molecule has 1 amide bonds. The second kappa shape index (κ2) is 6.88. The molecule has 5 rings (SSSR count). The van der Waals surface area contributed by atoms with E-state index >= 15 is 0 Å². The molecule has 0 aliphatic carbocycles. The van der Waals surface area contributed by atoms with Crippen LogP contribution in [0.4, 0.5) is 0 Å². The molecule has 1 saturated heterocycles. The Morgan fingerprint density at radius 3 is 2.83 bits per heavy atom. The van der Waals surface area contributed by atoms with Crippen LogP contribution in [0.2, 0.25) is 0 Å². The lowest BCUT2D eigenvalue weighted by Crippen LogP contribution is -2.29. The Morgan fingerprint density at radius 1 is 1.14 bits per heavy atom. The molecule has 0 bridgehead atoms. The van der Waals surface area contributed by atoms with Crippen molar-refractivity contribution in [3.63, 3.8) is 0 Å². The van der Waals surface area contributed by atoms with Crippen LogP contribution in [0, 0.1) is 13.8 Å². The van der Waals surface area contributed by atoms with Gasteiger partial charge < -0.3 is 13.9 Å². The van der Waals surface area contributed by atoms with Gasteiger partial charge in [-0.1, -0.05) is 6.07 Å². The van der Waals surface area contributed by atoms with Crippen LogP contribution in [0.1, 0.15) is 33.9 Å². The molecule has 0 N–H and O–H groups in total. The van der Waals surface area contributed by atoms with Crippen molar-refractivity contribution in [1.82, 2.24) is 19.4 Å². The number of hydrogen-bond acceptors (Lipinski definition) is 4. The van der Waals surface area contributed by atoms with Crippen LogP contribution in [0.15, 0.2) is 59.3 Å². The van der Waals surface area contributed by atoms with Crippen molar-refractivity contribution >= 4 is 17.1 Å². The van der Waals surface area contributed by atoms with Gasteiger partial charge in [0.1, 0.15) is 5.52 Å². The SMILES string of the molecule is Cc1ccc(C(=O)N2CC[C@H](n3c(-c4ccco4)nc4cccnc43)C2)cc1C. The van der Waals surface area contributed by atoms with Gasteiger partial charge in [0.05, 0.1) is 12.3 Å². The first-order chi connectivity index (χ1) is 14.1. The number of carbonyl (C=O) groups is 1. The molecule has 0 radical (unpaired) electrons. The van der Waals surface area contributed by atoms with E-state index in [1.54, 1.807) is 12.5 Å². The highest BCUT2D eigenvalue weighted by Crippen LogP contribution is 2.32. The summed E-state index contributed by atoms with van der Waals surface area (Å²) in [7, 11) is 0. The van der Waals surface area contributed by atoms with Gasteiger partial charge in [-0.3, -0.25) is 4.79 Å². The van der Waals surface area contributed by atoms with E-state index in [1.807, 2.05) is 54.3 Å². The van der Waals surface area contributed by atoms with Crippen LogP contribution in [-0.2, 0) is 0 Å². The molecule has 146 valence electrons. The Hall–Kier alpha value is -3.41. The highest BCUT2D eigenvalue weighted by Gasteiger charge is 2.31. The zero-order valence-corrected chi connectivity index (χ0v) is 16.5. The number of imidazole rings is 1. The van der Waals surface area contributed by atoms with Crippen molar-refractivity contribution in [3.8, 4) is 11.6 Å². The van der Waals surface area contributed by atoms with Gasteiger partial charge in [-0.25, -0.2) is 9.97 Å². The second-order valence-corrected chi connectivity index (χ2v) is 7.62. The molecule has 1 aliphatic rings. The van der Waals surface area contributed by atoms with Crippen LogP contribution in [0.3, 0.4) is 0 Å². The minimum absolute atomic E-state index is 0.0764. The Labute approximate surface area is 168 Å². The molecule has 29 heavy (non-hydrogen) atoms. The number of fused-ring (bicyclic) bond motifs is 1. The Bertz CT molecular complexity index is 1190. The molecule has 1 fully saturated rings. The van der Waals surface area contributed by atoms with Gasteiger partial charge in [0.25, 0.3) is 5.91 Å². The fraction of sp³-hybridized carbons (Fsp3) is 0.261. The molecular weight excluding hydrogens is 364 g/mol. The molecule has 3 aromatic heterocycles. The van der Waals surface area contributed by atoms with E-state index in [9.17, 15) is 4.79 Å². The lowest BCUT2D eigenvalue weighted by molar-refractivity contribution is 0.0788. The summed E-state index contributed by atoms with van der Waals surface area (Å²) < 4.78 is 7.75. The number of nitrogens with zero attached hydrogens (tertiary/aromatic N) is 4. The monoisotopic (exact) mass is 386 g/mol. The molecule has 6 nitrogen and oxygen atoms in total. The molecule has 0 spiro atoms. The number of benzene rings is 1. The zero-order valence-electron chi connectivity index (χ0n) is 16.5. The summed E-state index contributed by atoms with van der Waals surface area (Å²) >= 11 is 0. The van der Waals surface area contributed by atoms with Crippen LogP contribution in [0.25, 0.3) is 22.7 Å². The number of hydrogen-bond donors (Lipinski definition) is 0. The van der Waals surface area contributed by atoms with Gasteiger partial charge in [-0.05, 0) is 67.8 Å². The molecule has 0 unspecified atom stereocenters. The minimum Gasteiger partial charge on any atom is -0.461 e. The number of aryl methyl sites for hydroxylation is 2. The average Bonchev–Trinajstić information content (AvgIpc) is 3.47. The molecule has 1 aliphatic heterocycles. The Morgan fingerprint density at radius 2 is 2.03 bits per heavy atom. The lowest BCUT2D eigenvalue weighted by atomic mass is 10.1. The van der Waals surface area contributed by atoms with Crippen molar-refractivity contribution in [2.45, 2.75) is 26.3 Å². The maximum atomic E-state index is 13.1. The fourth-order valence-corrected chi connectivity index (χ4v) is 4.05. The van der Waals surface area contributed by atoms with Gasteiger partial charge in [0, 0.05) is 24.8 Å². The van der Waals surface area contributed by atoms with E-state index in [0.29, 0.717) is 18.8 Å². The first-order valence-corrected chi connectivity index (χ1v) is 9.85. The molecule has 1 aromatic carbocycles. The van der Waals surface area contributed by atoms with Gasteiger partial charge in [-0.2, -0.15) is 0 Å². The molecular formula is C23H22N4O2. The zero-order chi connectivity index (χ0) is 20.0. The summed E-state index contributed by atoms with van der Waals surface area (Å²) in [6.07, 6.45) is 4.28. The predicted molar refractivity (Wildman–Crippen MR) is 111 cm³/mol. The maximum Gasteiger partial charge on any atom is 0.253 e. The Balaban J connectivity index is 1.48. The van der Waals surface area contributed by atoms with Crippen LogP contribution >= 0.6 is 0 Å². The lowest BCUT2D eigenvalue weighted by Gasteiger charge is -2.19. The highest BCUT2D eigenvalue weighted by molar-refractivity contribution is 5.94. The van der Waals surface area contributed by atoms with Crippen molar-refractivity contribution < 1.29 is 9.21 Å². The van der Waals surface area contributed by atoms with Crippen LogP contribution in [-0.4, -0.2) is 38.4 Å². The largest absolute Gasteiger partial charge is 0.461 e. The molecule has 1 atom stereocenters.